The number of hydrogen-bond donors (Lipinski definition) is 4. The monoisotopic (exact) mass is 376 g/mol. The van der Waals surface area contributed by atoms with Crippen molar-refractivity contribution in [2.24, 2.45) is 0 Å². The maximum absolute atomic E-state index is 11.3. The highest BCUT2D eigenvalue weighted by atomic mass is 35.5. The van der Waals surface area contributed by atoms with Crippen molar-refractivity contribution in [3.05, 3.63) is 33.3 Å². The van der Waals surface area contributed by atoms with Gasteiger partial charge in [-0.1, -0.05) is 11.6 Å². The van der Waals surface area contributed by atoms with E-state index >= 15 is 0 Å². The van der Waals surface area contributed by atoms with Gasteiger partial charge in [-0.05, 0) is 6.07 Å². The third-order valence-electron chi connectivity index (χ3n) is 3.62. The summed E-state index contributed by atoms with van der Waals surface area (Å²) < 4.78 is 10.9. The van der Waals surface area contributed by atoms with Gasteiger partial charge in [0.2, 0.25) is 12.2 Å². The summed E-state index contributed by atoms with van der Waals surface area (Å²) in [6.07, 6.45) is -5.37. The number of benzene rings is 1. The highest BCUT2D eigenvalue weighted by Crippen LogP contribution is 2.32. The van der Waals surface area contributed by atoms with Gasteiger partial charge in [-0.2, -0.15) is 0 Å². The predicted octanol–water partition coefficient (Wildman–Crippen LogP) is -0.429. The Morgan fingerprint density at radius 3 is 2.64 bits per heavy atom. The Morgan fingerprint density at radius 1 is 1.44 bits per heavy atom. The Kier molecular flexibility index (Phi) is 6.14. The molecule has 1 fully saturated rings. The average molecular weight is 377 g/mol. The maximum atomic E-state index is 11.3. The summed E-state index contributed by atoms with van der Waals surface area (Å²) in [6.45, 7) is 0.603. The Bertz CT molecular complexity index is 658. The molecule has 25 heavy (non-hydrogen) atoms. The first-order valence-electron chi connectivity index (χ1n) is 7.24. The zero-order valence-electron chi connectivity index (χ0n) is 13.0. The van der Waals surface area contributed by atoms with Gasteiger partial charge >= 0.3 is 0 Å². The van der Waals surface area contributed by atoms with Crippen LogP contribution in [0.15, 0.2) is 18.2 Å². The van der Waals surface area contributed by atoms with Crippen LogP contribution in [0.3, 0.4) is 0 Å². The third kappa shape index (κ3) is 4.35. The van der Waals surface area contributed by atoms with Crippen LogP contribution in [-0.4, -0.2) is 63.4 Å². The first kappa shape index (κ1) is 19.3. The van der Waals surface area contributed by atoms with Crippen LogP contribution in [0.2, 0.25) is 5.02 Å². The molecular formula is C14H17ClN2O8. The molecule has 1 aliphatic rings. The van der Waals surface area contributed by atoms with E-state index in [-0.39, 0.29) is 16.5 Å². The normalized spacial score (nSPS) is 29.1. The lowest BCUT2D eigenvalue weighted by Gasteiger charge is -2.42. The van der Waals surface area contributed by atoms with Crippen molar-refractivity contribution in [3.8, 4) is 5.75 Å². The van der Waals surface area contributed by atoms with Gasteiger partial charge in [0.05, 0.1) is 16.6 Å². The summed E-state index contributed by atoms with van der Waals surface area (Å²) in [5.41, 5.74) is -0.246. The number of aliphatic hydroxyl groups excluding tert-OH is 3. The van der Waals surface area contributed by atoms with Crippen LogP contribution in [-0.2, 0) is 9.53 Å². The van der Waals surface area contributed by atoms with Crippen LogP contribution in [0.1, 0.15) is 6.92 Å². The van der Waals surface area contributed by atoms with E-state index in [0.29, 0.717) is 0 Å². The van der Waals surface area contributed by atoms with Crippen molar-refractivity contribution in [2.45, 2.75) is 37.6 Å². The number of carbonyl (C=O) groups is 1. The Labute approximate surface area is 147 Å². The molecule has 0 aliphatic carbocycles. The molecule has 0 aromatic heterocycles. The van der Waals surface area contributed by atoms with E-state index in [2.05, 4.69) is 5.32 Å². The number of rotatable bonds is 5. The van der Waals surface area contributed by atoms with E-state index < -0.39 is 48.1 Å². The largest absolute Gasteiger partial charge is 0.461 e. The molecule has 1 aliphatic heterocycles. The molecule has 0 radical (unpaired) electrons. The van der Waals surface area contributed by atoms with Crippen molar-refractivity contribution in [1.29, 1.82) is 0 Å². The van der Waals surface area contributed by atoms with Crippen molar-refractivity contribution >= 4 is 23.2 Å². The minimum atomic E-state index is -1.48. The zero-order chi connectivity index (χ0) is 18.7. The van der Waals surface area contributed by atoms with Gasteiger partial charge in [0, 0.05) is 19.1 Å². The topological polar surface area (TPSA) is 151 Å². The molecule has 0 bridgehead atoms. The molecule has 138 valence electrons. The van der Waals surface area contributed by atoms with Crippen LogP contribution >= 0.6 is 11.6 Å². The van der Waals surface area contributed by atoms with E-state index in [4.69, 9.17) is 21.1 Å². The number of ether oxygens (including phenoxy) is 2. The first-order valence-corrected chi connectivity index (χ1v) is 7.62. The fourth-order valence-electron chi connectivity index (χ4n) is 2.40. The van der Waals surface area contributed by atoms with Crippen molar-refractivity contribution in [3.63, 3.8) is 0 Å². The van der Waals surface area contributed by atoms with Crippen LogP contribution in [0.5, 0.6) is 5.75 Å². The number of halogens is 1. The van der Waals surface area contributed by atoms with Crippen molar-refractivity contribution < 1.29 is 34.5 Å². The Balaban J connectivity index is 2.26. The first-order chi connectivity index (χ1) is 11.7. The summed E-state index contributed by atoms with van der Waals surface area (Å²) in [7, 11) is 0. The molecule has 2 rings (SSSR count). The number of nitro benzene ring substituents is 1. The number of nitrogens with one attached hydrogen (secondary N) is 1. The molecule has 1 saturated heterocycles. The van der Waals surface area contributed by atoms with Gasteiger partial charge < -0.3 is 30.1 Å². The Hall–Kier alpha value is -1.98. The van der Waals surface area contributed by atoms with E-state index in [1.807, 2.05) is 0 Å². The van der Waals surface area contributed by atoms with Gasteiger partial charge in [-0.25, -0.2) is 0 Å². The summed E-state index contributed by atoms with van der Waals surface area (Å²) in [5.74, 6) is -0.501. The van der Waals surface area contributed by atoms with E-state index in [1.165, 1.54) is 13.0 Å². The number of nitro groups is 1. The van der Waals surface area contributed by atoms with Gasteiger partial charge in [0.1, 0.15) is 30.1 Å². The quantitative estimate of drug-likeness (QED) is 0.399. The van der Waals surface area contributed by atoms with Crippen LogP contribution in [0, 0.1) is 10.1 Å². The SMILES string of the molecule is CC(=O)N[C@H]1[C@H](Oc2ccc([N+](=O)[O-])cc2Cl)O[C@H](CO)[C@@H](O)[C@@H]1O. The van der Waals surface area contributed by atoms with E-state index in [0.717, 1.165) is 12.1 Å². The van der Waals surface area contributed by atoms with E-state index in [9.17, 15) is 30.2 Å². The fourth-order valence-corrected chi connectivity index (χ4v) is 2.61. The summed E-state index contributed by atoms with van der Waals surface area (Å²) in [4.78, 5) is 21.4. The van der Waals surface area contributed by atoms with Crippen LogP contribution < -0.4 is 10.1 Å². The summed E-state index contributed by atoms with van der Waals surface area (Å²) >= 11 is 5.95. The zero-order valence-corrected chi connectivity index (χ0v) is 13.8. The lowest BCUT2D eigenvalue weighted by atomic mass is 9.97. The molecule has 0 saturated carbocycles. The Morgan fingerprint density at radius 2 is 2.12 bits per heavy atom. The van der Waals surface area contributed by atoms with Gasteiger partial charge in [0.15, 0.2) is 0 Å². The molecule has 1 heterocycles. The lowest BCUT2D eigenvalue weighted by Crippen LogP contribution is -2.65. The number of hydrogen-bond acceptors (Lipinski definition) is 8. The molecule has 10 nitrogen and oxygen atoms in total. The molecule has 11 heteroatoms. The second kappa shape index (κ2) is 7.93. The summed E-state index contributed by atoms with van der Waals surface area (Å²) in [5, 5.41) is 42.4. The van der Waals surface area contributed by atoms with Crippen LogP contribution in [0.4, 0.5) is 5.69 Å². The smallest absolute Gasteiger partial charge is 0.271 e. The highest BCUT2D eigenvalue weighted by molar-refractivity contribution is 6.32. The fraction of sp³-hybridized carbons (Fsp3) is 0.500. The minimum Gasteiger partial charge on any atom is -0.461 e. The third-order valence-corrected chi connectivity index (χ3v) is 3.92. The highest BCUT2D eigenvalue weighted by Gasteiger charge is 2.46. The van der Waals surface area contributed by atoms with Crippen LogP contribution in [0.25, 0.3) is 0 Å². The molecule has 1 aromatic carbocycles. The molecule has 1 aromatic rings. The molecule has 0 spiro atoms. The number of carbonyl (C=O) groups excluding carboxylic acids is 1. The second-order valence-electron chi connectivity index (χ2n) is 5.42. The molecule has 1 amide bonds. The predicted molar refractivity (Wildman–Crippen MR) is 84.1 cm³/mol. The lowest BCUT2D eigenvalue weighted by molar-refractivity contribution is -0.384. The van der Waals surface area contributed by atoms with Gasteiger partial charge in [-0.15, -0.1) is 0 Å². The number of aliphatic hydroxyl groups is 3. The molecule has 4 N–H and O–H groups in total. The van der Waals surface area contributed by atoms with Gasteiger partial charge in [-0.3, -0.25) is 14.9 Å². The number of non-ortho nitro benzene ring substituents is 1. The van der Waals surface area contributed by atoms with E-state index in [1.54, 1.807) is 0 Å². The number of nitrogens with zero attached hydrogens (tertiary/aromatic N) is 1. The number of amides is 1. The average Bonchev–Trinajstić information content (AvgIpc) is 2.55. The maximum Gasteiger partial charge on any atom is 0.271 e. The van der Waals surface area contributed by atoms with Crippen molar-refractivity contribution in [2.75, 3.05) is 6.61 Å². The van der Waals surface area contributed by atoms with Crippen molar-refractivity contribution in [1.82, 2.24) is 5.32 Å². The standard InChI is InChI=1S/C14H17ClN2O8/c1-6(19)16-11-13(21)12(20)10(5-18)25-14(11)24-9-3-2-7(17(22)23)4-8(9)15/h2-4,10-14,18,20-21H,5H2,1H3,(H,16,19)/t10-,11-,12-,13-,14-/m1/s1. The molecule has 0 unspecified atom stereocenters. The molecule has 5 atom stereocenters. The summed E-state index contributed by atoms with van der Waals surface area (Å²) in [6, 6.07) is 2.32. The molecular weight excluding hydrogens is 360 g/mol. The van der Waals surface area contributed by atoms with Gasteiger partial charge in [0.25, 0.3) is 5.69 Å². The minimum absolute atomic E-state index is 0.00731. The second-order valence-corrected chi connectivity index (χ2v) is 5.83.